The van der Waals surface area contributed by atoms with E-state index in [1.807, 2.05) is 6.08 Å². The summed E-state index contributed by atoms with van der Waals surface area (Å²) in [6.45, 7) is 0.680. The summed E-state index contributed by atoms with van der Waals surface area (Å²) in [5.74, 6) is 0. The highest BCUT2D eigenvalue weighted by Crippen LogP contribution is 2.00. The molecule has 1 aliphatic rings. The lowest BCUT2D eigenvalue weighted by molar-refractivity contribution is -0.115. The van der Waals surface area contributed by atoms with Gasteiger partial charge in [-0.05, 0) is 6.42 Å². The average molecular weight is 112 g/mol. The molecule has 0 aromatic heterocycles. The topological polar surface area (TPSA) is 26.3 Å². The Morgan fingerprint density at radius 1 is 1.75 bits per heavy atom. The molecule has 1 unspecified atom stereocenters. The van der Waals surface area contributed by atoms with Crippen LogP contribution in [0.15, 0.2) is 12.2 Å². The summed E-state index contributed by atoms with van der Waals surface area (Å²) in [5.41, 5.74) is 0. The normalized spacial score (nSPS) is 27.8. The molecule has 1 aliphatic heterocycles. The van der Waals surface area contributed by atoms with E-state index < -0.39 is 0 Å². The van der Waals surface area contributed by atoms with E-state index >= 15 is 0 Å². The second-order valence-corrected chi connectivity index (χ2v) is 1.69. The standard InChI is InChI=1S/C6H8O2/c7-5-6-3-1-2-4-8-6/h1,3,5-6H,2,4H2. The molecule has 0 saturated carbocycles. The Kier molecular flexibility index (Phi) is 1.80. The Morgan fingerprint density at radius 2 is 2.62 bits per heavy atom. The maximum Gasteiger partial charge on any atom is 0.152 e. The third-order valence-electron chi connectivity index (χ3n) is 1.05. The number of ether oxygens (including phenoxy) is 1. The van der Waals surface area contributed by atoms with Crippen LogP contribution in [0.1, 0.15) is 6.42 Å². The lowest BCUT2D eigenvalue weighted by Crippen LogP contribution is -2.14. The Balaban J connectivity index is 2.42. The Bertz CT molecular complexity index is 107. The minimum absolute atomic E-state index is 0.274. The molecule has 0 radical (unpaired) electrons. The number of rotatable bonds is 1. The van der Waals surface area contributed by atoms with E-state index in [1.54, 1.807) is 6.08 Å². The van der Waals surface area contributed by atoms with Crippen LogP contribution < -0.4 is 0 Å². The van der Waals surface area contributed by atoms with Gasteiger partial charge in [0.15, 0.2) is 6.29 Å². The predicted molar refractivity (Wildman–Crippen MR) is 29.6 cm³/mol. The SMILES string of the molecule is O=CC1C=CCCO1. The van der Waals surface area contributed by atoms with E-state index in [0.29, 0.717) is 6.61 Å². The molecule has 0 aliphatic carbocycles. The number of aldehydes is 1. The van der Waals surface area contributed by atoms with Crippen molar-refractivity contribution >= 4 is 6.29 Å². The smallest absolute Gasteiger partial charge is 0.152 e. The molecule has 0 amide bonds. The van der Waals surface area contributed by atoms with E-state index in [0.717, 1.165) is 12.7 Å². The first-order valence-electron chi connectivity index (χ1n) is 2.67. The summed E-state index contributed by atoms with van der Waals surface area (Å²) in [7, 11) is 0. The van der Waals surface area contributed by atoms with Crippen molar-refractivity contribution in [2.24, 2.45) is 0 Å². The fourth-order valence-corrected chi connectivity index (χ4v) is 0.643. The Labute approximate surface area is 48.1 Å². The van der Waals surface area contributed by atoms with E-state index in [2.05, 4.69) is 0 Å². The van der Waals surface area contributed by atoms with E-state index in [4.69, 9.17) is 4.74 Å². The lowest BCUT2D eigenvalue weighted by Gasteiger charge is -2.09. The summed E-state index contributed by atoms with van der Waals surface area (Å²) in [6.07, 6.45) is 5.20. The number of hydrogen-bond donors (Lipinski definition) is 0. The van der Waals surface area contributed by atoms with Gasteiger partial charge < -0.3 is 9.53 Å². The zero-order valence-electron chi connectivity index (χ0n) is 4.54. The second kappa shape index (κ2) is 2.62. The van der Waals surface area contributed by atoms with Crippen molar-refractivity contribution in [3.8, 4) is 0 Å². The van der Waals surface area contributed by atoms with Gasteiger partial charge in [0.1, 0.15) is 6.10 Å². The first kappa shape index (κ1) is 5.51. The van der Waals surface area contributed by atoms with Gasteiger partial charge in [0, 0.05) is 0 Å². The van der Waals surface area contributed by atoms with Crippen LogP contribution in [0, 0.1) is 0 Å². The van der Waals surface area contributed by atoms with Gasteiger partial charge in [-0.1, -0.05) is 12.2 Å². The van der Waals surface area contributed by atoms with E-state index in [9.17, 15) is 4.79 Å². The molecule has 1 rings (SSSR count). The molecular formula is C6H8O2. The predicted octanol–water partition coefficient (Wildman–Crippen LogP) is 0.530. The monoisotopic (exact) mass is 112 g/mol. The number of carbonyl (C=O) groups excluding carboxylic acids is 1. The van der Waals surface area contributed by atoms with Crippen LogP contribution in [0.3, 0.4) is 0 Å². The lowest BCUT2D eigenvalue weighted by atomic mass is 10.2. The second-order valence-electron chi connectivity index (χ2n) is 1.69. The molecule has 8 heavy (non-hydrogen) atoms. The molecule has 0 aromatic carbocycles. The molecule has 0 aromatic rings. The van der Waals surface area contributed by atoms with Gasteiger partial charge in [0.25, 0.3) is 0 Å². The number of hydrogen-bond acceptors (Lipinski definition) is 2. The fourth-order valence-electron chi connectivity index (χ4n) is 0.643. The molecule has 44 valence electrons. The van der Waals surface area contributed by atoms with Crippen molar-refractivity contribution in [2.45, 2.75) is 12.5 Å². The zero-order valence-corrected chi connectivity index (χ0v) is 4.54. The van der Waals surface area contributed by atoms with Crippen molar-refractivity contribution in [3.63, 3.8) is 0 Å². The summed E-state index contributed by atoms with van der Waals surface area (Å²) < 4.78 is 4.97. The van der Waals surface area contributed by atoms with Crippen LogP contribution in [0.2, 0.25) is 0 Å². The van der Waals surface area contributed by atoms with E-state index in [1.165, 1.54) is 0 Å². The van der Waals surface area contributed by atoms with Crippen LogP contribution in [0.4, 0.5) is 0 Å². The molecule has 0 spiro atoms. The van der Waals surface area contributed by atoms with Crippen molar-refractivity contribution < 1.29 is 9.53 Å². The molecular weight excluding hydrogens is 104 g/mol. The number of carbonyl (C=O) groups is 1. The third kappa shape index (κ3) is 1.17. The largest absolute Gasteiger partial charge is 0.366 e. The van der Waals surface area contributed by atoms with Crippen LogP contribution in [0.25, 0.3) is 0 Å². The van der Waals surface area contributed by atoms with Crippen LogP contribution in [0.5, 0.6) is 0 Å². The Hall–Kier alpha value is -0.630. The average Bonchev–Trinajstić information content (AvgIpc) is 1.90. The van der Waals surface area contributed by atoms with Crippen LogP contribution in [-0.2, 0) is 9.53 Å². The van der Waals surface area contributed by atoms with Gasteiger partial charge in [0.05, 0.1) is 6.61 Å². The Morgan fingerprint density at radius 3 is 3.00 bits per heavy atom. The molecule has 1 atom stereocenters. The highest BCUT2D eigenvalue weighted by Gasteiger charge is 2.04. The molecule has 0 saturated heterocycles. The van der Waals surface area contributed by atoms with Crippen molar-refractivity contribution in [2.75, 3.05) is 6.61 Å². The minimum Gasteiger partial charge on any atom is -0.366 e. The van der Waals surface area contributed by atoms with Crippen molar-refractivity contribution in [1.29, 1.82) is 0 Å². The highest BCUT2D eigenvalue weighted by atomic mass is 16.5. The van der Waals surface area contributed by atoms with Gasteiger partial charge in [-0.25, -0.2) is 0 Å². The van der Waals surface area contributed by atoms with Gasteiger partial charge in [0.2, 0.25) is 0 Å². The maximum absolute atomic E-state index is 9.98. The summed E-state index contributed by atoms with van der Waals surface area (Å²) >= 11 is 0. The van der Waals surface area contributed by atoms with Gasteiger partial charge >= 0.3 is 0 Å². The molecule has 0 N–H and O–H groups in total. The molecule has 0 fully saturated rings. The summed E-state index contributed by atoms with van der Waals surface area (Å²) in [4.78, 5) is 9.98. The molecule has 2 nitrogen and oxygen atoms in total. The summed E-state index contributed by atoms with van der Waals surface area (Å²) in [6, 6.07) is 0. The molecule has 2 heteroatoms. The first-order valence-corrected chi connectivity index (χ1v) is 2.67. The quantitative estimate of drug-likeness (QED) is 0.365. The fraction of sp³-hybridized carbons (Fsp3) is 0.500. The van der Waals surface area contributed by atoms with Crippen LogP contribution >= 0.6 is 0 Å². The van der Waals surface area contributed by atoms with Gasteiger partial charge in [-0.2, -0.15) is 0 Å². The van der Waals surface area contributed by atoms with Gasteiger partial charge in [-0.15, -0.1) is 0 Å². The van der Waals surface area contributed by atoms with Gasteiger partial charge in [-0.3, -0.25) is 0 Å². The van der Waals surface area contributed by atoms with Crippen LogP contribution in [-0.4, -0.2) is 19.0 Å². The zero-order chi connectivity index (χ0) is 5.82. The summed E-state index contributed by atoms with van der Waals surface area (Å²) in [5, 5.41) is 0. The highest BCUT2D eigenvalue weighted by molar-refractivity contribution is 5.59. The molecule has 0 bridgehead atoms. The molecule has 1 heterocycles. The van der Waals surface area contributed by atoms with E-state index in [-0.39, 0.29) is 6.10 Å². The third-order valence-corrected chi connectivity index (χ3v) is 1.05. The van der Waals surface area contributed by atoms with Crippen molar-refractivity contribution in [1.82, 2.24) is 0 Å². The minimum atomic E-state index is -0.274. The first-order chi connectivity index (χ1) is 3.93. The maximum atomic E-state index is 9.98. The van der Waals surface area contributed by atoms with Crippen molar-refractivity contribution in [3.05, 3.63) is 12.2 Å².